The number of esters is 2. The Balaban J connectivity index is 1.65. The van der Waals surface area contributed by atoms with Gasteiger partial charge < -0.3 is 28.7 Å². The Morgan fingerprint density at radius 3 is 2.51 bits per heavy atom. The molecule has 3 aliphatic heterocycles. The van der Waals surface area contributed by atoms with Crippen molar-refractivity contribution in [3.63, 3.8) is 0 Å². The number of fused-ring (bicyclic) bond motifs is 1. The van der Waals surface area contributed by atoms with Gasteiger partial charge in [-0.25, -0.2) is 9.79 Å². The molecule has 39 heavy (non-hydrogen) atoms. The highest BCUT2D eigenvalue weighted by Gasteiger charge is 2.42. The van der Waals surface area contributed by atoms with Crippen LogP contribution < -0.4 is 9.47 Å². The number of amidine groups is 1. The number of piperidine rings is 1. The summed E-state index contributed by atoms with van der Waals surface area (Å²) in [4.78, 5) is 47.4. The number of hydrogen-bond acceptors (Lipinski definition) is 10. The third-order valence-electron chi connectivity index (χ3n) is 6.95. The number of aliphatic imine (C=N–C) groups is 1. The number of thioether (sulfide) groups is 1. The highest BCUT2D eigenvalue weighted by atomic mass is 32.2. The number of carbonyl (C=O) groups is 3. The third-order valence-corrected chi connectivity index (χ3v) is 7.83. The minimum atomic E-state index is -0.584. The summed E-state index contributed by atoms with van der Waals surface area (Å²) in [5.74, 6) is -0.0499. The quantitative estimate of drug-likeness (QED) is 0.416. The van der Waals surface area contributed by atoms with Crippen LogP contribution in [0.25, 0.3) is 0 Å². The maximum Gasteiger partial charge on any atom is 0.338 e. The predicted octanol–water partition coefficient (Wildman–Crippen LogP) is 4.03. The summed E-state index contributed by atoms with van der Waals surface area (Å²) < 4.78 is 21.6. The zero-order valence-electron chi connectivity index (χ0n) is 23.0. The molecule has 1 fully saturated rings. The first kappa shape index (κ1) is 28.5. The number of allylic oxidation sites excluding steroid dienone is 1. The van der Waals surface area contributed by atoms with E-state index >= 15 is 0 Å². The second kappa shape index (κ2) is 12.6. The van der Waals surface area contributed by atoms with Gasteiger partial charge in [0.05, 0.1) is 57.1 Å². The van der Waals surface area contributed by atoms with Crippen molar-refractivity contribution in [2.24, 2.45) is 10.9 Å². The zero-order valence-corrected chi connectivity index (χ0v) is 23.8. The molecular weight excluding hydrogens is 522 g/mol. The molecular formula is C28H35N3O7S. The summed E-state index contributed by atoms with van der Waals surface area (Å²) in [6, 6.07) is 4.91. The Kier molecular flexibility index (Phi) is 9.21. The molecule has 11 heteroatoms. The van der Waals surface area contributed by atoms with E-state index in [1.165, 1.54) is 11.8 Å². The van der Waals surface area contributed by atoms with Crippen LogP contribution in [0.3, 0.4) is 0 Å². The van der Waals surface area contributed by atoms with Crippen molar-refractivity contribution in [1.82, 2.24) is 9.80 Å². The lowest BCUT2D eigenvalue weighted by atomic mass is 9.93. The van der Waals surface area contributed by atoms with Crippen LogP contribution in [0, 0.1) is 5.92 Å². The van der Waals surface area contributed by atoms with Gasteiger partial charge in [-0.15, -0.1) is 0 Å². The SMILES string of the molecule is CCOC(=O)C1=C(C)N=C2SC=C(CC(=O)N3CCC[C@@H](C(=O)OCC)C3)N2[C@H]1c1ccc(OC)c(OC)c1. The van der Waals surface area contributed by atoms with Crippen LogP contribution in [0.15, 0.2) is 45.6 Å². The van der Waals surface area contributed by atoms with E-state index in [0.717, 1.165) is 17.7 Å². The van der Waals surface area contributed by atoms with Gasteiger partial charge in [0.2, 0.25) is 5.91 Å². The molecule has 0 N–H and O–H groups in total. The highest BCUT2D eigenvalue weighted by Crippen LogP contribution is 2.46. The van der Waals surface area contributed by atoms with E-state index in [9.17, 15) is 14.4 Å². The fourth-order valence-corrected chi connectivity index (χ4v) is 6.07. The van der Waals surface area contributed by atoms with Crippen LogP contribution in [-0.4, -0.2) is 73.3 Å². The normalized spacial score (nSPS) is 20.6. The summed E-state index contributed by atoms with van der Waals surface area (Å²) in [5, 5.41) is 2.57. The van der Waals surface area contributed by atoms with Crippen molar-refractivity contribution in [3.05, 3.63) is 46.1 Å². The molecule has 210 valence electrons. The predicted molar refractivity (Wildman–Crippen MR) is 147 cm³/mol. The Labute approximate surface area is 233 Å². The van der Waals surface area contributed by atoms with Crippen LogP contribution >= 0.6 is 11.8 Å². The van der Waals surface area contributed by atoms with Crippen LogP contribution in [0.1, 0.15) is 51.6 Å². The summed E-state index contributed by atoms with van der Waals surface area (Å²) in [5.41, 5.74) is 2.44. The minimum Gasteiger partial charge on any atom is -0.493 e. The molecule has 4 rings (SSSR count). The zero-order chi connectivity index (χ0) is 28.1. The number of amides is 1. The number of carbonyl (C=O) groups excluding carboxylic acids is 3. The van der Waals surface area contributed by atoms with Crippen molar-refractivity contribution >= 4 is 34.8 Å². The molecule has 0 spiro atoms. The maximum absolute atomic E-state index is 13.5. The van der Waals surface area contributed by atoms with Gasteiger partial charge in [0.25, 0.3) is 0 Å². The van der Waals surface area contributed by atoms with Crippen molar-refractivity contribution in [2.45, 2.75) is 46.1 Å². The number of ether oxygens (including phenoxy) is 4. The number of likely N-dealkylation sites (tertiary alicyclic amines) is 1. The lowest BCUT2D eigenvalue weighted by Gasteiger charge is -2.37. The van der Waals surface area contributed by atoms with Crippen molar-refractivity contribution in [1.29, 1.82) is 0 Å². The van der Waals surface area contributed by atoms with Gasteiger partial charge in [-0.1, -0.05) is 17.8 Å². The van der Waals surface area contributed by atoms with E-state index < -0.39 is 12.0 Å². The monoisotopic (exact) mass is 557 g/mol. The van der Waals surface area contributed by atoms with Gasteiger partial charge in [-0.3, -0.25) is 9.59 Å². The molecule has 2 atom stereocenters. The summed E-state index contributed by atoms with van der Waals surface area (Å²) in [6.07, 6.45) is 1.54. The standard InChI is InChI=1S/C28H35N3O7S/c1-6-37-26(33)19-9-8-12-30(15-19)23(32)14-20-16-39-28-29-17(3)24(27(34)38-7-2)25(31(20)28)18-10-11-21(35-4)22(13-18)36-5/h10-11,13,16,19,25H,6-9,12,14-15H2,1-5H3/t19-,25+/m1/s1. The molecule has 3 aliphatic rings. The van der Waals surface area contributed by atoms with Crippen LogP contribution in [0.5, 0.6) is 11.5 Å². The molecule has 0 saturated carbocycles. The second-order valence-electron chi connectivity index (χ2n) is 9.34. The molecule has 1 saturated heterocycles. The topological polar surface area (TPSA) is 107 Å². The maximum atomic E-state index is 13.5. The van der Waals surface area contributed by atoms with Crippen molar-refractivity contribution < 1.29 is 33.3 Å². The smallest absolute Gasteiger partial charge is 0.338 e. The van der Waals surface area contributed by atoms with E-state index in [-0.39, 0.29) is 30.8 Å². The van der Waals surface area contributed by atoms with Gasteiger partial charge in [-0.2, -0.15) is 0 Å². The largest absolute Gasteiger partial charge is 0.493 e. The summed E-state index contributed by atoms with van der Waals surface area (Å²) >= 11 is 1.41. The number of methoxy groups -OCH3 is 2. The molecule has 3 heterocycles. The van der Waals surface area contributed by atoms with Gasteiger partial charge in [0.15, 0.2) is 16.7 Å². The second-order valence-corrected chi connectivity index (χ2v) is 10.2. The average molecular weight is 558 g/mol. The first-order valence-corrected chi connectivity index (χ1v) is 14.0. The van der Waals surface area contributed by atoms with Crippen molar-refractivity contribution in [3.8, 4) is 11.5 Å². The van der Waals surface area contributed by atoms with Gasteiger partial charge in [0, 0.05) is 18.8 Å². The number of nitrogens with zero attached hydrogens (tertiary/aromatic N) is 3. The Morgan fingerprint density at radius 1 is 1.08 bits per heavy atom. The average Bonchev–Trinajstić information content (AvgIpc) is 3.33. The molecule has 1 aromatic rings. The molecule has 0 radical (unpaired) electrons. The summed E-state index contributed by atoms with van der Waals surface area (Å²) in [6.45, 7) is 6.79. The lowest BCUT2D eigenvalue weighted by molar-refractivity contribution is -0.151. The molecule has 1 amide bonds. The van der Waals surface area contributed by atoms with E-state index in [2.05, 4.69) is 0 Å². The third kappa shape index (κ3) is 5.93. The van der Waals surface area contributed by atoms with E-state index in [4.69, 9.17) is 23.9 Å². The van der Waals surface area contributed by atoms with E-state index in [1.807, 2.05) is 22.4 Å². The molecule has 1 aromatic carbocycles. The number of rotatable bonds is 9. The first-order valence-electron chi connectivity index (χ1n) is 13.1. The van der Waals surface area contributed by atoms with E-state index in [0.29, 0.717) is 54.1 Å². The number of benzene rings is 1. The Morgan fingerprint density at radius 2 is 1.82 bits per heavy atom. The van der Waals surface area contributed by atoms with Crippen LogP contribution in [0.2, 0.25) is 0 Å². The Bertz CT molecular complexity index is 1230. The molecule has 0 bridgehead atoms. The van der Waals surface area contributed by atoms with Gasteiger partial charge in [-0.05, 0) is 56.7 Å². The molecule has 10 nitrogen and oxygen atoms in total. The Hall–Kier alpha value is -3.47. The van der Waals surface area contributed by atoms with Crippen LogP contribution in [-0.2, 0) is 23.9 Å². The van der Waals surface area contributed by atoms with Gasteiger partial charge in [0.1, 0.15) is 0 Å². The van der Waals surface area contributed by atoms with Gasteiger partial charge >= 0.3 is 11.9 Å². The minimum absolute atomic E-state index is 0.0906. The summed E-state index contributed by atoms with van der Waals surface area (Å²) in [7, 11) is 3.12. The fourth-order valence-electron chi connectivity index (χ4n) is 5.10. The molecule has 0 aromatic heterocycles. The number of hydrogen-bond donors (Lipinski definition) is 0. The van der Waals surface area contributed by atoms with Crippen molar-refractivity contribution in [2.75, 3.05) is 40.5 Å². The molecule has 0 unspecified atom stereocenters. The molecule has 0 aliphatic carbocycles. The van der Waals surface area contributed by atoms with E-state index in [1.54, 1.807) is 46.0 Å². The fraction of sp³-hybridized carbons (Fsp3) is 0.500. The van der Waals surface area contributed by atoms with Crippen LogP contribution in [0.4, 0.5) is 0 Å². The highest BCUT2D eigenvalue weighted by molar-refractivity contribution is 8.16. The first-order chi connectivity index (χ1) is 18.8. The lowest BCUT2D eigenvalue weighted by Crippen LogP contribution is -2.44.